The molecule has 46 heavy (non-hydrogen) atoms. The van der Waals surface area contributed by atoms with Gasteiger partial charge in [0.25, 0.3) is 0 Å². The number of nitrogens with zero attached hydrogens (tertiary/aromatic N) is 2. The summed E-state index contributed by atoms with van der Waals surface area (Å²) in [4.78, 5) is 36.2. The van der Waals surface area contributed by atoms with E-state index < -0.39 is 57.8 Å². The summed E-state index contributed by atoms with van der Waals surface area (Å²) >= 11 is 0. The van der Waals surface area contributed by atoms with Gasteiger partial charge in [0.1, 0.15) is 5.60 Å². The zero-order valence-electron chi connectivity index (χ0n) is 27.0. The van der Waals surface area contributed by atoms with Crippen molar-refractivity contribution in [1.29, 1.82) is 0 Å². The summed E-state index contributed by atoms with van der Waals surface area (Å²) in [5.41, 5.74) is 1.57. The van der Waals surface area contributed by atoms with Crippen LogP contribution in [0.4, 0.5) is 9.59 Å². The predicted molar refractivity (Wildman–Crippen MR) is 168 cm³/mol. The second-order valence-corrected chi connectivity index (χ2v) is 14.8. The number of carbonyl (C=O) groups excluding carboxylic acids is 2. The first-order valence-electron chi connectivity index (χ1n) is 14.8. The lowest BCUT2D eigenvalue weighted by atomic mass is 9.89. The molecule has 14 nitrogen and oxygen atoms in total. The molecule has 0 bridgehead atoms. The van der Waals surface area contributed by atoms with E-state index in [2.05, 4.69) is 10.7 Å². The molecule has 2 aromatic rings. The maximum absolute atomic E-state index is 14.1. The number of sulfonamides is 1. The highest BCUT2D eigenvalue weighted by atomic mass is 32.2. The van der Waals surface area contributed by atoms with Crippen LogP contribution in [0.2, 0.25) is 0 Å². The van der Waals surface area contributed by atoms with E-state index in [-0.39, 0.29) is 43.4 Å². The minimum Gasteiger partial charge on any atom is -0.465 e. The minimum atomic E-state index is -4.29. The Bertz CT molecular complexity index is 1480. The third-order valence-corrected chi connectivity index (χ3v) is 8.87. The van der Waals surface area contributed by atoms with E-state index in [4.69, 9.17) is 14.2 Å². The number of carbonyl (C=O) groups is 3. The summed E-state index contributed by atoms with van der Waals surface area (Å²) in [6.07, 6.45) is -3.29. The molecule has 0 fully saturated rings. The van der Waals surface area contributed by atoms with Crippen molar-refractivity contribution in [2.24, 2.45) is 5.41 Å². The lowest BCUT2D eigenvalue weighted by Gasteiger charge is -2.36. The van der Waals surface area contributed by atoms with Crippen LogP contribution in [0.1, 0.15) is 53.5 Å². The Morgan fingerprint density at radius 3 is 2.28 bits per heavy atom. The lowest BCUT2D eigenvalue weighted by molar-refractivity contribution is -0.132. The SMILES string of the molecule is CC(=O)N(CCC(C)(C)CN(C[C@@H](O)[C@H](Cc1ccccc1)NC(=O)O)S(=O)(=O)c1ccc2c(c1)OCO2)NC(=O)OC(C)(C)C. The molecule has 2 aromatic carbocycles. The highest BCUT2D eigenvalue weighted by Gasteiger charge is 2.36. The fourth-order valence-electron chi connectivity index (χ4n) is 4.75. The van der Waals surface area contributed by atoms with Crippen LogP contribution >= 0.6 is 0 Å². The van der Waals surface area contributed by atoms with Gasteiger partial charge in [-0.3, -0.25) is 9.80 Å². The number of aliphatic hydroxyl groups excluding tert-OH is 1. The molecule has 1 heterocycles. The first kappa shape index (κ1) is 36.4. The van der Waals surface area contributed by atoms with Gasteiger partial charge in [0.05, 0.1) is 17.0 Å². The summed E-state index contributed by atoms with van der Waals surface area (Å²) in [7, 11) is -4.29. The Morgan fingerprint density at radius 1 is 1.02 bits per heavy atom. The Hall–Kier alpha value is -4.08. The third kappa shape index (κ3) is 10.8. The summed E-state index contributed by atoms with van der Waals surface area (Å²) in [5.74, 6) is 0.187. The summed E-state index contributed by atoms with van der Waals surface area (Å²) in [5, 5.41) is 24.3. The van der Waals surface area contributed by atoms with Crippen molar-refractivity contribution in [3.63, 3.8) is 0 Å². The molecule has 254 valence electrons. The second kappa shape index (κ2) is 15.0. The molecule has 0 aliphatic carbocycles. The van der Waals surface area contributed by atoms with E-state index in [0.717, 1.165) is 14.9 Å². The fraction of sp³-hybridized carbons (Fsp3) is 0.516. The van der Waals surface area contributed by atoms with Crippen LogP contribution < -0.4 is 20.2 Å². The topological polar surface area (TPSA) is 184 Å². The minimum absolute atomic E-state index is 0.0270. The first-order valence-corrected chi connectivity index (χ1v) is 16.2. The van der Waals surface area contributed by atoms with Crippen LogP contribution in [0.15, 0.2) is 53.4 Å². The molecule has 1 aliphatic heterocycles. The number of hydrogen-bond donors (Lipinski definition) is 4. The van der Waals surface area contributed by atoms with Crippen molar-refractivity contribution in [3.05, 3.63) is 54.1 Å². The van der Waals surface area contributed by atoms with E-state index in [1.54, 1.807) is 65.0 Å². The fourth-order valence-corrected chi connectivity index (χ4v) is 6.42. The van der Waals surface area contributed by atoms with Crippen LogP contribution in [0.3, 0.4) is 0 Å². The molecule has 0 saturated heterocycles. The average Bonchev–Trinajstić information content (AvgIpc) is 3.42. The average molecular weight is 665 g/mol. The number of ether oxygens (including phenoxy) is 3. The number of aliphatic hydroxyl groups is 1. The van der Waals surface area contributed by atoms with Gasteiger partial charge in [-0.05, 0) is 56.7 Å². The van der Waals surface area contributed by atoms with E-state index in [0.29, 0.717) is 5.75 Å². The molecule has 3 amide bonds. The van der Waals surface area contributed by atoms with Gasteiger partial charge in [-0.1, -0.05) is 44.2 Å². The maximum Gasteiger partial charge on any atom is 0.426 e. The smallest absolute Gasteiger partial charge is 0.426 e. The largest absolute Gasteiger partial charge is 0.465 e. The number of benzene rings is 2. The Morgan fingerprint density at radius 2 is 1.67 bits per heavy atom. The number of amides is 3. The molecule has 0 spiro atoms. The highest BCUT2D eigenvalue weighted by molar-refractivity contribution is 7.89. The lowest BCUT2D eigenvalue weighted by Crippen LogP contribution is -2.52. The van der Waals surface area contributed by atoms with Gasteiger partial charge < -0.3 is 29.7 Å². The molecule has 0 radical (unpaired) electrons. The Balaban J connectivity index is 1.88. The van der Waals surface area contributed by atoms with Crippen molar-refractivity contribution in [3.8, 4) is 11.5 Å². The molecule has 0 unspecified atom stereocenters. The number of nitrogens with one attached hydrogen (secondary N) is 2. The molecule has 1 aliphatic rings. The van der Waals surface area contributed by atoms with Crippen molar-refractivity contribution >= 4 is 28.1 Å². The Labute approximate surface area is 269 Å². The standard InChI is InChI=1S/C31H44N4O10S/c1-21(36)35(33-29(40)45-30(2,3)4)15-14-31(5,6)19-34(46(41,42)23-12-13-26-27(17-23)44-20-43-26)18-25(37)24(32-28(38)39)16-22-10-8-7-9-11-22/h7-13,17,24-25,32,37H,14-16,18-20H2,1-6H3,(H,33,40)(H,38,39)/t24-,25+/m0/s1. The van der Waals surface area contributed by atoms with Crippen LogP contribution in [0.25, 0.3) is 0 Å². The second-order valence-electron chi connectivity index (χ2n) is 12.8. The van der Waals surface area contributed by atoms with Crippen molar-refractivity contribution in [2.45, 2.75) is 77.0 Å². The number of rotatable bonds is 13. The number of hydrazine groups is 1. The molecular formula is C31H44N4O10S. The summed E-state index contributed by atoms with van der Waals surface area (Å²) in [6.45, 7) is 9.29. The molecule has 3 rings (SSSR count). The van der Waals surface area contributed by atoms with E-state index in [1.807, 2.05) is 0 Å². The van der Waals surface area contributed by atoms with Gasteiger partial charge in [-0.2, -0.15) is 4.31 Å². The normalized spacial score (nSPS) is 14.3. The van der Waals surface area contributed by atoms with E-state index in [1.165, 1.54) is 25.1 Å². The highest BCUT2D eigenvalue weighted by Crippen LogP contribution is 2.35. The monoisotopic (exact) mass is 664 g/mol. The van der Waals surface area contributed by atoms with Crippen molar-refractivity contribution in [2.75, 3.05) is 26.4 Å². The molecule has 0 saturated carbocycles. The van der Waals surface area contributed by atoms with Crippen molar-refractivity contribution < 1.29 is 47.2 Å². The number of carboxylic acid groups (broad SMARTS) is 1. The van der Waals surface area contributed by atoms with Crippen LogP contribution in [-0.4, -0.2) is 90.2 Å². The van der Waals surface area contributed by atoms with Crippen molar-refractivity contribution in [1.82, 2.24) is 20.1 Å². The molecule has 0 aromatic heterocycles. The van der Waals surface area contributed by atoms with E-state index in [9.17, 15) is 33.0 Å². The van der Waals surface area contributed by atoms with Crippen LogP contribution in [0, 0.1) is 5.41 Å². The van der Waals surface area contributed by atoms with E-state index >= 15 is 0 Å². The zero-order chi connectivity index (χ0) is 34.3. The Kier molecular flexibility index (Phi) is 11.9. The number of fused-ring (bicyclic) bond motifs is 1. The van der Waals surface area contributed by atoms with Crippen LogP contribution in [0.5, 0.6) is 11.5 Å². The van der Waals surface area contributed by atoms with Gasteiger partial charge in [0.15, 0.2) is 11.5 Å². The van der Waals surface area contributed by atoms with Gasteiger partial charge in [0.2, 0.25) is 22.7 Å². The van der Waals surface area contributed by atoms with Gasteiger partial charge in [0, 0.05) is 32.6 Å². The van der Waals surface area contributed by atoms with Gasteiger partial charge >= 0.3 is 12.2 Å². The van der Waals surface area contributed by atoms with Crippen LogP contribution in [-0.2, 0) is 26.0 Å². The number of hydrogen-bond acceptors (Lipinski definition) is 9. The van der Waals surface area contributed by atoms with Gasteiger partial charge in [-0.25, -0.2) is 23.4 Å². The maximum atomic E-state index is 14.1. The molecule has 4 N–H and O–H groups in total. The molecule has 2 atom stereocenters. The third-order valence-electron chi connectivity index (χ3n) is 7.07. The quantitative estimate of drug-likeness (QED) is 0.232. The first-order chi connectivity index (χ1) is 21.4. The molecular weight excluding hydrogens is 620 g/mol. The predicted octanol–water partition coefficient (Wildman–Crippen LogP) is 3.35. The summed E-state index contributed by atoms with van der Waals surface area (Å²) < 4.78 is 45.3. The molecule has 15 heteroatoms. The zero-order valence-corrected chi connectivity index (χ0v) is 27.8. The summed E-state index contributed by atoms with van der Waals surface area (Å²) in [6, 6.07) is 12.1. The van der Waals surface area contributed by atoms with Gasteiger partial charge in [-0.15, -0.1) is 0 Å².